The molecule has 1 amide bonds. The van der Waals surface area contributed by atoms with E-state index in [1.54, 1.807) is 0 Å². The molecule has 3 nitrogen and oxygen atoms in total. The molecule has 0 atom stereocenters. The molecule has 0 aliphatic carbocycles. The number of hydrogen-bond acceptors (Lipinski definition) is 2. The van der Waals surface area contributed by atoms with Crippen LogP contribution in [0, 0.1) is 0 Å². The number of carbonyl (C=O) groups excluding carboxylic acids is 1. The van der Waals surface area contributed by atoms with E-state index in [9.17, 15) is 4.79 Å². The first-order chi connectivity index (χ1) is 30.2. The Morgan fingerprint density at radius 2 is 0.590 bits per heavy atom. The monoisotopic (exact) mass is 847 g/mol. The second-order valence-corrected chi connectivity index (χ2v) is 18.2. The highest BCUT2D eigenvalue weighted by molar-refractivity contribution is 5.76. The van der Waals surface area contributed by atoms with Crippen LogP contribution < -0.4 is 0 Å². The zero-order valence-electron chi connectivity index (χ0n) is 41.7. The molecule has 0 rings (SSSR count). The summed E-state index contributed by atoms with van der Waals surface area (Å²) in [5.74, 6) is 0.404. The van der Waals surface area contributed by atoms with Crippen molar-refractivity contribution in [2.45, 2.75) is 258 Å². The Labute approximate surface area is 383 Å². The fraction of sp³-hybridized carbons (Fsp3) is 0.776. The standard InChI is InChI=1S/C58H106N2O/c1-5-8-11-14-17-20-23-26-29-32-35-38-41-44-47-50-54-59(4)55-52-57-60(56-51-48-45-42-39-36-33-30-27-24-21-18-15-12-9-6-2)58(61)53-49-46-43-40-37-34-31-28-25-22-19-16-13-10-7-3/h17-22,26-31H,5-16,23-25,32-57H2,1-4H3/b20-17-,21-18-,22-19?,29-26-,30-27-,31-28?. The molecule has 0 bridgehead atoms. The molecule has 0 aromatic carbocycles. The predicted molar refractivity (Wildman–Crippen MR) is 277 cm³/mol. The average Bonchev–Trinajstić information content (AvgIpc) is 3.26. The Balaban J connectivity index is 4.33. The first-order valence-electron chi connectivity index (χ1n) is 27.0. The summed E-state index contributed by atoms with van der Waals surface area (Å²) in [5.41, 5.74) is 0. The molecule has 61 heavy (non-hydrogen) atoms. The zero-order chi connectivity index (χ0) is 44.2. The fourth-order valence-corrected chi connectivity index (χ4v) is 7.91. The molecule has 0 heterocycles. The topological polar surface area (TPSA) is 23.6 Å². The highest BCUT2D eigenvalue weighted by Gasteiger charge is 2.13. The van der Waals surface area contributed by atoms with E-state index in [0.29, 0.717) is 5.91 Å². The van der Waals surface area contributed by atoms with Gasteiger partial charge in [-0.25, -0.2) is 0 Å². The number of carbonyl (C=O) groups is 1. The van der Waals surface area contributed by atoms with Gasteiger partial charge in [-0.2, -0.15) is 0 Å². The maximum absolute atomic E-state index is 13.5. The van der Waals surface area contributed by atoms with Gasteiger partial charge < -0.3 is 9.80 Å². The third kappa shape index (κ3) is 48.8. The second kappa shape index (κ2) is 52.2. The van der Waals surface area contributed by atoms with Crippen LogP contribution in [0.15, 0.2) is 72.9 Å². The van der Waals surface area contributed by atoms with Gasteiger partial charge in [0.05, 0.1) is 0 Å². The van der Waals surface area contributed by atoms with Gasteiger partial charge in [0.1, 0.15) is 0 Å². The number of rotatable bonds is 48. The molecule has 0 aromatic rings. The largest absolute Gasteiger partial charge is 0.343 e. The van der Waals surface area contributed by atoms with Gasteiger partial charge in [0.2, 0.25) is 5.91 Å². The molecule has 0 aromatic heterocycles. The third-order valence-corrected chi connectivity index (χ3v) is 12.0. The van der Waals surface area contributed by atoms with E-state index in [4.69, 9.17) is 0 Å². The minimum Gasteiger partial charge on any atom is -0.343 e. The molecule has 354 valence electrons. The molecular formula is C58H106N2O. The smallest absolute Gasteiger partial charge is 0.222 e. The zero-order valence-corrected chi connectivity index (χ0v) is 41.7. The summed E-state index contributed by atoms with van der Waals surface area (Å²) in [4.78, 5) is 18.2. The van der Waals surface area contributed by atoms with Crippen LogP contribution in [-0.4, -0.2) is 48.9 Å². The van der Waals surface area contributed by atoms with Crippen LogP contribution in [0.5, 0.6) is 0 Å². The Kier molecular flexibility index (Phi) is 50.4. The van der Waals surface area contributed by atoms with Crippen LogP contribution in [0.25, 0.3) is 0 Å². The van der Waals surface area contributed by atoms with E-state index in [2.05, 4.69) is 111 Å². The molecule has 0 spiro atoms. The van der Waals surface area contributed by atoms with Crippen LogP contribution in [0.1, 0.15) is 258 Å². The van der Waals surface area contributed by atoms with Crippen LogP contribution in [0.2, 0.25) is 0 Å². The van der Waals surface area contributed by atoms with E-state index < -0.39 is 0 Å². The Bertz CT molecular complexity index is 1050. The van der Waals surface area contributed by atoms with Crippen LogP contribution >= 0.6 is 0 Å². The molecule has 3 heteroatoms. The normalized spacial score (nSPS) is 12.5. The Morgan fingerprint density at radius 1 is 0.311 bits per heavy atom. The van der Waals surface area contributed by atoms with Crippen molar-refractivity contribution in [3.05, 3.63) is 72.9 Å². The van der Waals surface area contributed by atoms with Crippen LogP contribution in [-0.2, 0) is 4.79 Å². The first kappa shape index (κ1) is 58.9. The summed E-state index contributed by atoms with van der Waals surface area (Å²) >= 11 is 0. The van der Waals surface area contributed by atoms with E-state index >= 15 is 0 Å². The van der Waals surface area contributed by atoms with Gasteiger partial charge in [-0.05, 0) is 142 Å². The summed E-state index contributed by atoms with van der Waals surface area (Å²) in [6.45, 7) is 11.0. The number of unbranched alkanes of at least 4 members (excludes halogenated alkanes) is 26. The molecule has 0 N–H and O–H groups in total. The number of amides is 1. The molecule has 0 saturated carbocycles. The maximum Gasteiger partial charge on any atom is 0.222 e. The summed E-state index contributed by atoms with van der Waals surface area (Å²) < 4.78 is 0. The minimum atomic E-state index is 0.404. The lowest BCUT2D eigenvalue weighted by atomic mass is 10.1. The van der Waals surface area contributed by atoms with Crippen LogP contribution in [0.4, 0.5) is 0 Å². The predicted octanol–water partition coefficient (Wildman–Crippen LogP) is 18.6. The van der Waals surface area contributed by atoms with Crippen molar-refractivity contribution in [3.8, 4) is 0 Å². The highest BCUT2D eigenvalue weighted by atomic mass is 16.2. The van der Waals surface area contributed by atoms with Gasteiger partial charge in [-0.3, -0.25) is 4.79 Å². The highest BCUT2D eigenvalue weighted by Crippen LogP contribution is 2.14. The van der Waals surface area contributed by atoms with Gasteiger partial charge in [-0.15, -0.1) is 0 Å². The van der Waals surface area contributed by atoms with Gasteiger partial charge in [-0.1, -0.05) is 203 Å². The van der Waals surface area contributed by atoms with Gasteiger partial charge in [0.15, 0.2) is 0 Å². The number of hydrogen-bond donors (Lipinski definition) is 0. The minimum absolute atomic E-state index is 0.404. The van der Waals surface area contributed by atoms with E-state index in [1.807, 2.05) is 0 Å². The van der Waals surface area contributed by atoms with Crippen molar-refractivity contribution in [3.63, 3.8) is 0 Å². The van der Waals surface area contributed by atoms with Crippen LogP contribution in [0.3, 0.4) is 0 Å². The summed E-state index contributed by atoms with van der Waals surface area (Å²) in [6.07, 6.45) is 74.3. The summed E-state index contributed by atoms with van der Waals surface area (Å²) in [5, 5.41) is 0. The molecular weight excluding hydrogens is 741 g/mol. The molecule has 0 radical (unpaired) electrons. The number of allylic oxidation sites excluding steroid dienone is 12. The van der Waals surface area contributed by atoms with E-state index in [1.165, 1.54) is 199 Å². The van der Waals surface area contributed by atoms with Crippen molar-refractivity contribution in [1.82, 2.24) is 9.80 Å². The van der Waals surface area contributed by atoms with E-state index in [-0.39, 0.29) is 0 Å². The van der Waals surface area contributed by atoms with Crippen molar-refractivity contribution >= 4 is 5.91 Å². The molecule has 0 unspecified atom stereocenters. The van der Waals surface area contributed by atoms with Crippen molar-refractivity contribution in [1.29, 1.82) is 0 Å². The SMILES string of the molecule is CCCCCC=CCC=CCCCCCCCC(=O)N(CCCCCCCC/C=C\C/C=C\CCCCC)CCCN(C)CCCCCCCC/C=C\C/C=C\CCCCC. The average molecular weight is 847 g/mol. The van der Waals surface area contributed by atoms with Gasteiger partial charge in [0, 0.05) is 19.5 Å². The lowest BCUT2D eigenvalue weighted by Crippen LogP contribution is -2.34. The maximum atomic E-state index is 13.5. The third-order valence-electron chi connectivity index (χ3n) is 12.0. The number of nitrogens with zero attached hydrogens (tertiary/aromatic N) is 2. The van der Waals surface area contributed by atoms with Crippen molar-refractivity contribution in [2.24, 2.45) is 0 Å². The van der Waals surface area contributed by atoms with Gasteiger partial charge in [0.25, 0.3) is 0 Å². The molecule has 0 fully saturated rings. The lowest BCUT2D eigenvalue weighted by molar-refractivity contribution is -0.131. The van der Waals surface area contributed by atoms with Crippen molar-refractivity contribution in [2.75, 3.05) is 33.2 Å². The van der Waals surface area contributed by atoms with Gasteiger partial charge >= 0.3 is 0 Å². The lowest BCUT2D eigenvalue weighted by Gasteiger charge is -2.25. The summed E-state index contributed by atoms with van der Waals surface area (Å²) in [6, 6.07) is 0. The summed E-state index contributed by atoms with van der Waals surface area (Å²) in [7, 11) is 2.28. The van der Waals surface area contributed by atoms with E-state index in [0.717, 1.165) is 64.6 Å². The molecule has 0 aliphatic heterocycles. The quantitative estimate of drug-likeness (QED) is 0.0450. The molecule has 0 saturated heterocycles. The van der Waals surface area contributed by atoms with Crippen molar-refractivity contribution < 1.29 is 4.79 Å². The first-order valence-corrected chi connectivity index (χ1v) is 27.0. The Hall–Kier alpha value is -2.13. The second-order valence-electron chi connectivity index (χ2n) is 18.2. The fourth-order valence-electron chi connectivity index (χ4n) is 7.91. The molecule has 0 aliphatic rings. The Morgan fingerprint density at radius 3 is 0.967 bits per heavy atom.